The van der Waals surface area contributed by atoms with Crippen molar-refractivity contribution in [1.82, 2.24) is 4.98 Å². The van der Waals surface area contributed by atoms with Gasteiger partial charge in [-0.25, -0.2) is 8.78 Å². The minimum Gasteiger partial charge on any atom is -0.355 e. The Hall–Kier alpha value is -3.28. The Labute approximate surface area is 149 Å². The second-order valence-corrected chi connectivity index (χ2v) is 5.89. The van der Waals surface area contributed by atoms with Gasteiger partial charge in [-0.05, 0) is 55.3 Å². The van der Waals surface area contributed by atoms with Crippen LogP contribution in [0.25, 0.3) is 0 Å². The number of halogens is 2. The molecule has 1 aromatic heterocycles. The number of carbonyl (C=O) groups excluding carboxylic acids is 1. The van der Waals surface area contributed by atoms with Gasteiger partial charge in [-0.1, -0.05) is 12.1 Å². The molecule has 0 unspecified atom stereocenters. The Morgan fingerprint density at radius 3 is 2.50 bits per heavy atom. The number of anilines is 3. The number of nitrogens with zero attached hydrogens (tertiary/aromatic N) is 1. The first-order valence-electron chi connectivity index (χ1n) is 8.00. The Morgan fingerprint density at radius 1 is 0.962 bits per heavy atom. The number of hydrogen-bond donors (Lipinski definition) is 2. The van der Waals surface area contributed by atoms with Crippen LogP contribution in [0, 0.1) is 25.5 Å². The molecule has 2 aromatic carbocycles. The molecule has 0 saturated carbocycles. The monoisotopic (exact) mass is 353 g/mol. The molecular formula is C20H17F2N3O. The molecule has 0 bridgehead atoms. The van der Waals surface area contributed by atoms with Crippen molar-refractivity contribution in [2.75, 3.05) is 10.6 Å². The quantitative estimate of drug-likeness (QED) is 0.696. The van der Waals surface area contributed by atoms with Crippen molar-refractivity contribution in [3.05, 3.63) is 83.2 Å². The fourth-order valence-electron chi connectivity index (χ4n) is 2.45. The lowest BCUT2D eigenvalue weighted by molar-refractivity contribution is 0.102. The van der Waals surface area contributed by atoms with Crippen molar-refractivity contribution in [3.63, 3.8) is 0 Å². The van der Waals surface area contributed by atoms with E-state index in [1.807, 2.05) is 32.0 Å². The maximum absolute atomic E-state index is 13.3. The van der Waals surface area contributed by atoms with Crippen LogP contribution >= 0.6 is 0 Å². The predicted octanol–water partition coefficient (Wildman–Crippen LogP) is 4.97. The summed E-state index contributed by atoms with van der Waals surface area (Å²) in [5.74, 6) is -2.22. The molecule has 0 aliphatic carbocycles. The minimum absolute atomic E-state index is 0.207. The van der Waals surface area contributed by atoms with Gasteiger partial charge in [-0.3, -0.25) is 9.78 Å². The standard InChI is InChI=1S/C20H17F2N3O/c1-12-4-3-5-18(13(12)2)25-20(26)19-11-15(8-9-23-19)24-14-6-7-16(21)17(22)10-14/h3-11H,1-2H3,(H,23,24)(H,25,26). The molecule has 132 valence electrons. The number of amides is 1. The molecule has 1 amide bonds. The molecule has 4 nitrogen and oxygen atoms in total. The van der Waals surface area contributed by atoms with Gasteiger partial charge in [0, 0.05) is 29.3 Å². The zero-order chi connectivity index (χ0) is 18.7. The highest BCUT2D eigenvalue weighted by molar-refractivity contribution is 6.03. The number of aromatic nitrogens is 1. The molecule has 0 fully saturated rings. The summed E-state index contributed by atoms with van der Waals surface area (Å²) in [5.41, 5.74) is 3.89. The van der Waals surface area contributed by atoms with E-state index in [-0.39, 0.29) is 11.6 Å². The van der Waals surface area contributed by atoms with Gasteiger partial charge >= 0.3 is 0 Å². The molecule has 2 N–H and O–H groups in total. The molecule has 0 aliphatic rings. The summed E-state index contributed by atoms with van der Waals surface area (Å²) in [6, 6.07) is 12.3. The van der Waals surface area contributed by atoms with E-state index in [0.717, 1.165) is 28.9 Å². The molecule has 0 atom stereocenters. The normalized spacial score (nSPS) is 10.5. The summed E-state index contributed by atoms with van der Waals surface area (Å²) in [4.78, 5) is 16.5. The van der Waals surface area contributed by atoms with Crippen molar-refractivity contribution in [1.29, 1.82) is 0 Å². The van der Waals surface area contributed by atoms with Crippen molar-refractivity contribution >= 4 is 23.0 Å². The molecule has 0 aliphatic heterocycles. The number of rotatable bonds is 4. The third kappa shape index (κ3) is 3.85. The lowest BCUT2D eigenvalue weighted by Gasteiger charge is -2.11. The van der Waals surface area contributed by atoms with Crippen LogP contribution in [-0.2, 0) is 0 Å². The lowest BCUT2D eigenvalue weighted by atomic mass is 10.1. The Morgan fingerprint density at radius 2 is 1.73 bits per heavy atom. The average molecular weight is 353 g/mol. The predicted molar refractivity (Wildman–Crippen MR) is 97.7 cm³/mol. The van der Waals surface area contributed by atoms with Gasteiger partial charge in [0.25, 0.3) is 5.91 Å². The van der Waals surface area contributed by atoms with E-state index in [1.54, 1.807) is 12.1 Å². The highest BCUT2D eigenvalue weighted by atomic mass is 19.2. The van der Waals surface area contributed by atoms with Crippen LogP contribution in [0.4, 0.5) is 25.8 Å². The van der Waals surface area contributed by atoms with E-state index in [9.17, 15) is 13.6 Å². The second kappa shape index (κ2) is 7.31. The molecular weight excluding hydrogens is 336 g/mol. The van der Waals surface area contributed by atoms with Crippen molar-refractivity contribution < 1.29 is 13.6 Å². The van der Waals surface area contributed by atoms with Crippen LogP contribution in [0.2, 0.25) is 0 Å². The minimum atomic E-state index is -0.947. The Bertz CT molecular complexity index is 973. The third-order valence-corrected chi connectivity index (χ3v) is 4.05. The molecule has 6 heteroatoms. The maximum atomic E-state index is 13.3. The fraction of sp³-hybridized carbons (Fsp3) is 0.100. The SMILES string of the molecule is Cc1cccc(NC(=O)c2cc(Nc3ccc(F)c(F)c3)ccn2)c1C. The summed E-state index contributed by atoms with van der Waals surface area (Å²) < 4.78 is 26.3. The van der Waals surface area contributed by atoms with Crippen molar-refractivity contribution in [2.45, 2.75) is 13.8 Å². The van der Waals surface area contributed by atoms with Gasteiger partial charge in [0.15, 0.2) is 11.6 Å². The van der Waals surface area contributed by atoms with E-state index < -0.39 is 11.6 Å². The highest BCUT2D eigenvalue weighted by Crippen LogP contribution is 2.21. The van der Waals surface area contributed by atoms with Crippen LogP contribution in [0.15, 0.2) is 54.7 Å². The van der Waals surface area contributed by atoms with Gasteiger partial charge in [-0.2, -0.15) is 0 Å². The van der Waals surface area contributed by atoms with Crippen molar-refractivity contribution in [2.24, 2.45) is 0 Å². The molecule has 3 aromatic rings. The van der Waals surface area contributed by atoms with Gasteiger partial charge < -0.3 is 10.6 Å². The molecule has 26 heavy (non-hydrogen) atoms. The van der Waals surface area contributed by atoms with E-state index in [1.165, 1.54) is 12.3 Å². The van der Waals surface area contributed by atoms with Crippen molar-refractivity contribution in [3.8, 4) is 0 Å². The number of carbonyl (C=O) groups is 1. The summed E-state index contributed by atoms with van der Waals surface area (Å²) in [5, 5.41) is 5.76. The number of nitrogens with one attached hydrogen (secondary N) is 2. The number of hydrogen-bond acceptors (Lipinski definition) is 3. The van der Waals surface area contributed by atoms with Gasteiger partial charge in [0.1, 0.15) is 5.69 Å². The smallest absolute Gasteiger partial charge is 0.274 e. The van der Waals surface area contributed by atoms with E-state index in [0.29, 0.717) is 11.4 Å². The van der Waals surface area contributed by atoms with Gasteiger partial charge in [0.2, 0.25) is 0 Å². The average Bonchev–Trinajstić information content (AvgIpc) is 2.62. The largest absolute Gasteiger partial charge is 0.355 e. The van der Waals surface area contributed by atoms with Crippen LogP contribution < -0.4 is 10.6 Å². The first-order valence-corrected chi connectivity index (χ1v) is 8.00. The zero-order valence-electron chi connectivity index (χ0n) is 14.3. The number of benzene rings is 2. The third-order valence-electron chi connectivity index (χ3n) is 4.05. The Kier molecular flexibility index (Phi) is 4.93. The topological polar surface area (TPSA) is 54.0 Å². The second-order valence-electron chi connectivity index (χ2n) is 5.89. The summed E-state index contributed by atoms with van der Waals surface area (Å²) >= 11 is 0. The number of aryl methyl sites for hydroxylation is 1. The number of pyridine rings is 1. The first kappa shape index (κ1) is 17.5. The molecule has 0 spiro atoms. The molecule has 1 heterocycles. The van der Waals surface area contributed by atoms with E-state index in [2.05, 4.69) is 15.6 Å². The van der Waals surface area contributed by atoms with Gasteiger partial charge in [-0.15, -0.1) is 0 Å². The van der Waals surface area contributed by atoms with Crippen LogP contribution in [0.3, 0.4) is 0 Å². The van der Waals surface area contributed by atoms with Crippen LogP contribution in [0.5, 0.6) is 0 Å². The summed E-state index contributed by atoms with van der Waals surface area (Å²) in [6.07, 6.45) is 1.47. The Balaban J connectivity index is 1.79. The van der Waals surface area contributed by atoms with Gasteiger partial charge in [0.05, 0.1) is 0 Å². The molecule has 3 rings (SSSR count). The van der Waals surface area contributed by atoms with Crippen LogP contribution in [0.1, 0.15) is 21.6 Å². The fourth-order valence-corrected chi connectivity index (χ4v) is 2.45. The van der Waals surface area contributed by atoms with E-state index in [4.69, 9.17) is 0 Å². The molecule has 0 radical (unpaired) electrons. The summed E-state index contributed by atoms with van der Waals surface area (Å²) in [6.45, 7) is 3.90. The lowest BCUT2D eigenvalue weighted by Crippen LogP contribution is -2.14. The zero-order valence-corrected chi connectivity index (χ0v) is 14.3. The van der Waals surface area contributed by atoms with E-state index >= 15 is 0 Å². The molecule has 0 saturated heterocycles. The summed E-state index contributed by atoms with van der Waals surface area (Å²) in [7, 11) is 0. The first-order chi connectivity index (χ1) is 12.4. The maximum Gasteiger partial charge on any atom is 0.274 e. The van der Waals surface area contributed by atoms with Crippen LogP contribution in [-0.4, -0.2) is 10.9 Å². The highest BCUT2D eigenvalue weighted by Gasteiger charge is 2.11.